The van der Waals surface area contributed by atoms with Gasteiger partial charge in [-0.2, -0.15) is 0 Å². The molecular formula is C17H19ClN2O2. The van der Waals surface area contributed by atoms with E-state index in [9.17, 15) is 4.79 Å². The largest absolute Gasteiger partial charge is 0.465 e. The zero-order chi connectivity index (χ0) is 15.9. The number of carbonyl (C=O) groups is 1. The lowest BCUT2D eigenvalue weighted by Crippen LogP contribution is -2.30. The van der Waals surface area contributed by atoms with Crippen molar-refractivity contribution in [3.63, 3.8) is 0 Å². The van der Waals surface area contributed by atoms with Crippen LogP contribution in [0.3, 0.4) is 0 Å². The van der Waals surface area contributed by atoms with Crippen molar-refractivity contribution < 1.29 is 9.53 Å². The van der Waals surface area contributed by atoms with Gasteiger partial charge in [-0.25, -0.2) is 0 Å². The van der Waals surface area contributed by atoms with Crippen LogP contribution in [0.1, 0.15) is 24.1 Å². The van der Waals surface area contributed by atoms with Crippen LogP contribution >= 0.6 is 11.6 Å². The van der Waals surface area contributed by atoms with E-state index < -0.39 is 0 Å². The fourth-order valence-electron chi connectivity index (χ4n) is 2.25. The predicted molar refractivity (Wildman–Crippen MR) is 88.8 cm³/mol. The highest BCUT2D eigenvalue weighted by molar-refractivity contribution is 6.30. The topological polar surface area (TPSA) is 64.3 Å². The molecule has 1 atom stereocenters. The van der Waals surface area contributed by atoms with Gasteiger partial charge in [-0.05, 0) is 36.2 Å². The Hall–Kier alpha value is -2.04. The number of esters is 1. The second-order valence-electron chi connectivity index (χ2n) is 4.80. The lowest BCUT2D eigenvalue weighted by molar-refractivity contribution is -0.142. The van der Waals surface area contributed by atoms with Gasteiger partial charge in [-0.1, -0.05) is 41.9 Å². The minimum absolute atomic E-state index is 0.0966. The van der Waals surface area contributed by atoms with E-state index in [0.717, 1.165) is 11.1 Å². The minimum Gasteiger partial charge on any atom is -0.465 e. The quantitative estimate of drug-likeness (QED) is 0.634. The van der Waals surface area contributed by atoms with Gasteiger partial charge in [0.05, 0.1) is 19.2 Å². The molecule has 4 nitrogen and oxygen atoms in total. The zero-order valence-electron chi connectivity index (χ0n) is 12.4. The summed E-state index contributed by atoms with van der Waals surface area (Å²) in [7, 11) is 0. The highest BCUT2D eigenvalue weighted by atomic mass is 35.5. The van der Waals surface area contributed by atoms with Crippen LogP contribution < -0.4 is 11.1 Å². The molecule has 0 bridgehead atoms. The second-order valence-corrected chi connectivity index (χ2v) is 5.24. The molecule has 0 fully saturated rings. The van der Waals surface area contributed by atoms with E-state index in [-0.39, 0.29) is 18.6 Å². The van der Waals surface area contributed by atoms with Gasteiger partial charge in [-0.3, -0.25) is 10.1 Å². The van der Waals surface area contributed by atoms with Gasteiger partial charge in [0.15, 0.2) is 0 Å². The third-order valence-electron chi connectivity index (χ3n) is 3.25. The Morgan fingerprint density at radius 1 is 1.27 bits per heavy atom. The number of nitrogen functional groups attached to an aromatic ring is 1. The molecule has 0 aliphatic heterocycles. The van der Waals surface area contributed by atoms with E-state index in [4.69, 9.17) is 22.1 Å². The molecule has 0 saturated carbocycles. The number of nitrogens with one attached hydrogen (secondary N) is 1. The van der Waals surface area contributed by atoms with E-state index in [2.05, 4.69) is 5.32 Å². The molecule has 116 valence electrons. The summed E-state index contributed by atoms with van der Waals surface area (Å²) in [6.45, 7) is 2.23. The van der Waals surface area contributed by atoms with Crippen LogP contribution in [0.5, 0.6) is 0 Å². The Morgan fingerprint density at radius 2 is 2.00 bits per heavy atom. The first kappa shape index (κ1) is 16.3. The molecule has 0 amide bonds. The van der Waals surface area contributed by atoms with Gasteiger partial charge in [0.1, 0.15) is 0 Å². The monoisotopic (exact) mass is 318 g/mol. The maximum Gasteiger partial charge on any atom is 0.319 e. The summed E-state index contributed by atoms with van der Waals surface area (Å²) in [5.41, 5.74) is 8.53. The second kappa shape index (κ2) is 7.82. The standard InChI is InChI=1S/C17H19ClN2O2/c1-2-22-16(21)11-20-17(12-6-4-3-5-7-12)14-10-13(18)8-9-15(14)19/h3-10,17,20H,2,11,19H2,1H3. The molecule has 0 spiro atoms. The summed E-state index contributed by atoms with van der Waals surface area (Å²) in [5.74, 6) is -0.302. The molecule has 0 heterocycles. The van der Waals surface area contributed by atoms with Crippen LogP contribution in [0.25, 0.3) is 0 Å². The Morgan fingerprint density at radius 3 is 2.68 bits per heavy atom. The number of hydrogen-bond donors (Lipinski definition) is 2. The van der Waals surface area contributed by atoms with Crippen LogP contribution in [0.15, 0.2) is 48.5 Å². The van der Waals surface area contributed by atoms with Gasteiger partial charge >= 0.3 is 5.97 Å². The van der Waals surface area contributed by atoms with Crippen molar-refractivity contribution in [2.75, 3.05) is 18.9 Å². The van der Waals surface area contributed by atoms with E-state index in [1.807, 2.05) is 36.4 Å². The molecule has 1 unspecified atom stereocenters. The maximum absolute atomic E-state index is 11.6. The van der Waals surface area contributed by atoms with Gasteiger partial charge in [0.2, 0.25) is 0 Å². The lowest BCUT2D eigenvalue weighted by atomic mass is 9.97. The van der Waals surface area contributed by atoms with Gasteiger partial charge < -0.3 is 10.5 Å². The first-order chi connectivity index (χ1) is 10.6. The molecule has 22 heavy (non-hydrogen) atoms. The molecule has 2 rings (SSSR count). The van der Waals surface area contributed by atoms with E-state index in [0.29, 0.717) is 17.3 Å². The Balaban J connectivity index is 2.29. The molecule has 5 heteroatoms. The van der Waals surface area contributed by atoms with Crippen molar-refractivity contribution in [2.45, 2.75) is 13.0 Å². The number of anilines is 1. The number of ether oxygens (including phenoxy) is 1. The predicted octanol–water partition coefficient (Wildman–Crippen LogP) is 3.16. The Bertz CT molecular complexity index is 632. The van der Waals surface area contributed by atoms with Crippen molar-refractivity contribution in [3.8, 4) is 0 Å². The van der Waals surface area contributed by atoms with E-state index in [1.54, 1.807) is 19.1 Å². The van der Waals surface area contributed by atoms with Crippen molar-refractivity contribution in [2.24, 2.45) is 0 Å². The van der Waals surface area contributed by atoms with Crippen molar-refractivity contribution in [1.29, 1.82) is 0 Å². The van der Waals surface area contributed by atoms with Crippen LogP contribution in [-0.2, 0) is 9.53 Å². The molecule has 0 aliphatic carbocycles. The Labute approximate surface area is 135 Å². The van der Waals surface area contributed by atoms with E-state index in [1.165, 1.54) is 0 Å². The Kier molecular flexibility index (Phi) is 5.81. The van der Waals surface area contributed by atoms with Crippen molar-refractivity contribution in [1.82, 2.24) is 5.32 Å². The number of halogens is 1. The van der Waals surface area contributed by atoms with Crippen molar-refractivity contribution >= 4 is 23.3 Å². The molecule has 2 aromatic carbocycles. The maximum atomic E-state index is 11.6. The number of nitrogens with two attached hydrogens (primary N) is 1. The average Bonchev–Trinajstić information content (AvgIpc) is 2.52. The normalized spacial score (nSPS) is 11.9. The fraction of sp³-hybridized carbons (Fsp3) is 0.235. The summed E-state index contributed by atoms with van der Waals surface area (Å²) in [4.78, 5) is 11.6. The fourth-order valence-corrected chi connectivity index (χ4v) is 2.43. The molecule has 0 saturated heterocycles. The molecule has 0 aliphatic rings. The SMILES string of the molecule is CCOC(=O)CNC(c1ccccc1)c1cc(Cl)ccc1N. The minimum atomic E-state index is -0.302. The molecular weight excluding hydrogens is 300 g/mol. The van der Waals surface area contributed by atoms with Crippen LogP contribution in [0.4, 0.5) is 5.69 Å². The first-order valence-corrected chi connectivity index (χ1v) is 7.48. The van der Waals surface area contributed by atoms with Crippen LogP contribution in [-0.4, -0.2) is 19.1 Å². The summed E-state index contributed by atoms with van der Waals surface area (Å²) in [6.07, 6.45) is 0. The molecule has 3 N–H and O–H groups in total. The number of hydrogen-bond acceptors (Lipinski definition) is 4. The summed E-state index contributed by atoms with van der Waals surface area (Å²) in [5, 5.41) is 3.79. The average molecular weight is 319 g/mol. The third kappa shape index (κ3) is 4.23. The number of rotatable bonds is 6. The number of carbonyl (C=O) groups excluding carboxylic acids is 1. The highest BCUT2D eigenvalue weighted by Crippen LogP contribution is 2.29. The zero-order valence-corrected chi connectivity index (χ0v) is 13.1. The highest BCUT2D eigenvalue weighted by Gasteiger charge is 2.18. The third-order valence-corrected chi connectivity index (χ3v) is 3.48. The summed E-state index contributed by atoms with van der Waals surface area (Å²) in [6, 6.07) is 14.9. The summed E-state index contributed by atoms with van der Waals surface area (Å²) < 4.78 is 4.96. The molecule has 0 radical (unpaired) electrons. The van der Waals surface area contributed by atoms with Gasteiger partial charge in [0.25, 0.3) is 0 Å². The summed E-state index contributed by atoms with van der Waals surface area (Å²) >= 11 is 6.09. The molecule has 0 aromatic heterocycles. The van der Waals surface area contributed by atoms with Crippen LogP contribution in [0.2, 0.25) is 5.02 Å². The van der Waals surface area contributed by atoms with Crippen molar-refractivity contribution in [3.05, 3.63) is 64.7 Å². The smallest absolute Gasteiger partial charge is 0.319 e. The van der Waals surface area contributed by atoms with Crippen LogP contribution in [0, 0.1) is 0 Å². The van der Waals surface area contributed by atoms with Gasteiger partial charge in [0, 0.05) is 10.7 Å². The first-order valence-electron chi connectivity index (χ1n) is 7.10. The molecule has 2 aromatic rings. The van der Waals surface area contributed by atoms with E-state index >= 15 is 0 Å². The van der Waals surface area contributed by atoms with Gasteiger partial charge in [-0.15, -0.1) is 0 Å². The number of benzene rings is 2. The lowest BCUT2D eigenvalue weighted by Gasteiger charge is -2.21.